The molecule has 0 bridgehead atoms. The number of rotatable bonds is 9. The minimum atomic E-state index is -0.803. The van der Waals surface area contributed by atoms with Gasteiger partial charge in [-0.3, -0.25) is 9.79 Å². The van der Waals surface area contributed by atoms with Gasteiger partial charge in [0.1, 0.15) is 11.3 Å². The van der Waals surface area contributed by atoms with Gasteiger partial charge in [-0.1, -0.05) is 60.7 Å². The summed E-state index contributed by atoms with van der Waals surface area (Å²) < 4.78 is 5.18. The van der Waals surface area contributed by atoms with Crippen LogP contribution in [0.3, 0.4) is 0 Å². The van der Waals surface area contributed by atoms with Crippen molar-refractivity contribution in [1.82, 2.24) is 5.32 Å². The van der Waals surface area contributed by atoms with E-state index in [0.717, 1.165) is 17.5 Å². The summed E-state index contributed by atoms with van der Waals surface area (Å²) in [6, 6.07) is 25.0. The number of ether oxygens (including phenoxy) is 1. The zero-order chi connectivity index (χ0) is 26.3. The summed E-state index contributed by atoms with van der Waals surface area (Å²) in [5.41, 5.74) is 9.26. The number of urea groups is 1. The number of nitrogens with zero attached hydrogens (tertiary/aromatic N) is 1. The fraction of sp³-hybridized carbons (Fsp3) is 0.300. The van der Waals surface area contributed by atoms with Gasteiger partial charge in [0.05, 0.1) is 12.9 Å². The molecule has 1 heterocycles. The summed E-state index contributed by atoms with van der Waals surface area (Å²) in [5.74, 6) is 1.17. The molecule has 7 nitrogen and oxygen atoms in total. The molecule has 4 N–H and O–H groups in total. The summed E-state index contributed by atoms with van der Waals surface area (Å²) in [6.45, 7) is 2.29. The molecule has 0 aliphatic carbocycles. The van der Waals surface area contributed by atoms with Gasteiger partial charge in [0.2, 0.25) is 0 Å². The van der Waals surface area contributed by atoms with Crippen molar-refractivity contribution in [1.29, 1.82) is 0 Å². The van der Waals surface area contributed by atoms with Gasteiger partial charge in [-0.05, 0) is 55.0 Å². The summed E-state index contributed by atoms with van der Waals surface area (Å²) in [4.78, 5) is 30.3. The van der Waals surface area contributed by atoms with Crippen LogP contribution in [0.25, 0.3) is 0 Å². The average Bonchev–Trinajstić information content (AvgIpc) is 2.91. The normalized spacial score (nSPS) is 19.1. The zero-order valence-corrected chi connectivity index (χ0v) is 21.4. The van der Waals surface area contributed by atoms with Crippen LogP contribution in [-0.2, 0) is 24.2 Å². The molecule has 2 amide bonds. The standard InChI is InChI=1S/C30H34N4O3/c1-30(16-15-21-7-4-3-5-8-21)28(35)24(18-27(31)34-30)17-22-11-13-23(14-12-22)20-32-29(36)33-25-9-6-10-26(19-25)37-2/h3-14,19,24H,15-18,20H2,1-2H3,(H2,31,34)(H2,32,33,36)/t24?,30-/m1/s1. The molecule has 7 heteroatoms. The highest BCUT2D eigenvalue weighted by atomic mass is 16.5. The Kier molecular flexibility index (Phi) is 8.23. The number of benzene rings is 3. The molecule has 37 heavy (non-hydrogen) atoms. The van der Waals surface area contributed by atoms with Gasteiger partial charge in [-0.2, -0.15) is 0 Å². The lowest BCUT2D eigenvalue weighted by atomic mass is 9.77. The van der Waals surface area contributed by atoms with Crippen molar-refractivity contribution in [3.63, 3.8) is 0 Å². The Hall–Kier alpha value is -4.13. The topological polar surface area (TPSA) is 106 Å². The largest absolute Gasteiger partial charge is 0.497 e. The van der Waals surface area contributed by atoms with Gasteiger partial charge in [0.25, 0.3) is 0 Å². The fourth-order valence-electron chi connectivity index (χ4n) is 4.72. The number of methoxy groups -OCH3 is 1. The summed E-state index contributed by atoms with van der Waals surface area (Å²) >= 11 is 0. The maximum absolute atomic E-state index is 13.4. The molecule has 0 fully saturated rings. The molecular weight excluding hydrogens is 464 g/mol. The lowest BCUT2D eigenvalue weighted by Gasteiger charge is -2.33. The number of anilines is 1. The van der Waals surface area contributed by atoms with Crippen molar-refractivity contribution in [3.8, 4) is 5.75 Å². The van der Waals surface area contributed by atoms with Crippen molar-refractivity contribution in [3.05, 3.63) is 95.6 Å². The van der Waals surface area contributed by atoms with E-state index in [1.807, 2.05) is 61.5 Å². The molecule has 2 atom stereocenters. The highest BCUT2D eigenvalue weighted by molar-refractivity contribution is 5.99. The molecule has 3 aromatic carbocycles. The Morgan fingerprint density at radius 2 is 1.76 bits per heavy atom. The maximum atomic E-state index is 13.4. The van der Waals surface area contributed by atoms with Gasteiger partial charge < -0.3 is 21.1 Å². The molecule has 0 aromatic heterocycles. The van der Waals surface area contributed by atoms with E-state index in [9.17, 15) is 9.59 Å². The highest BCUT2D eigenvalue weighted by Crippen LogP contribution is 2.31. The molecule has 1 aliphatic heterocycles. The number of carbonyl (C=O) groups is 2. The molecular formula is C30H34N4O3. The second-order valence-corrected chi connectivity index (χ2v) is 9.69. The van der Waals surface area contributed by atoms with Crippen molar-refractivity contribution in [2.24, 2.45) is 16.6 Å². The quantitative estimate of drug-likeness (QED) is 0.390. The Morgan fingerprint density at radius 3 is 2.49 bits per heavy atom. The third-order valence-corrected chi connectivity index (χ3v) is 6.78. The fourth-order valence-corrected chi connectivity index (χ4v) is 4.72. The highest BCUT2D eigenvalue weighted by Gasteiger charge is 2.41. The second kappa shape index (κ2) is 11.7. The first kappa shape index (κ1) is 25.9. The van der Waals surface area contributed by atoms with Crippen LogP contribution in [0, 0.1) is 5.92 Å². The summed E-state index contributed by atoms with van der Waals surface area (Å²) in [7, 11) is 1.58. The third kappa shape index (κ3) is 6.97. The average molecular weight is 499 g/mol. The number of hydrogen-bond donors (Lipinski definition) is 3. The molecule has 0 spiro atoms. The number of nitrogens with two attached hydrogens (primary N) is 1. The van der Waals surface area contributed by atoms with E-state index in [4.69, 9.17) is 10.5 Å². The Bertz CT molecular complexity index is 1260. The maximum Gasteiger partial charge on any atom is 0.319 e. The monoisotopic (exact) mass is 498 g/mol. The Morgan fingerprint density at radius 1 is 1.03 bits per heavy atom. The summed E-state index contributed by atoms with van der Waals surface area (Å²) in [6.07, 6.45) is 2.50. The van der Waals surface area contributed by atoms with E-state index in [1.54, 1.807) is 19.2 Å². The van der Waals surface area contributed by atoms with Gasteiger partial charge in [-0.25, -0.2) is 4.79 Å². The van der Waals surface area contributed by atoms with Crippen molar-refractivity contribution < 1.29 is 14.3 Å². The van der Waals surface area contributed by atoms with Crippen LogP contribution in [0.15, 0.2) is 83.9 Å². The predicted octanol–water partition coefficient (Wildman–Crippen LogP) is 4.90. The summed E-state index contributed by atoms with van der Waals surface area (Å²) in [5, 5.41) is 5.66. The number of nitrogens with one attached hydrogen (secondary N) is 2. The molecule has 1 unspecified atom stereocenters. The second-order valence-electron chi connectivity index (χ2n) is 9.69. The molecule has 192 valence electrons. The number of ketones is 1. The van der Waals surface area contributed by atoms with Crippen LogP contribution < -0.4 is 21.1 Å². The van der Waals surface area contributed by atoms with E-state index in [-0.39, 0.29) is 17.7 Å². The first-order valence-corrected chi connectivity index (χ1v) is 12.5. The predicted molar refractivity (Wildman–Crippen MR) is 147 cm³/mol. The van der Waals surface area contributed by atoms with E-state index >= 15 is 0 Å². The smallest absolute Gasteiger partial charge is 0.319 e. The lowest BCUT2D eigenvalue weighted by molar-refractivity contribution is -0.128. The molecule has 3 aromatic rings. The van der Waals surface area contributed by atoms with Crippen LogP contribution >= 0.6 is 0 Å². The van der Waals surface area contributed by atoms with Gasteiger partial charge in [-0.15, -0.1) is 0 Å². The number of carbonyl (C=O) groups excluding carboxylic acids is 2. The number of Topliss-reactive ketones (excluding diaryl/α,β-unsaturated/α-hetero) is 1. The van der Waals surface area contributed by atoms with Crippen LogP contribution in [0.5, 0.6) is 5.75 Å². The lowest BCUT2D eigenvalue weighted by Crippen LogP contribution is -2.46. The minimum absolute atomic E-state index is 0.151. The van der Waals surface area contributed by atoms with Crippen LogP contribution in [-0.4, -0.2) is 30.3 Å². The van der Waals surface area contributed by atoms with Crippen molar-refractivity contribution >= 4 is 23.3 Å². The van der Waals surface area contributed by atoms with Crippen molar-refractivity contribution in [2.45, 2.75) is 44.7 Å². The van der Waals surface area contributed by atoms with E-state index in [1.165, 1.54) is 5.56 Å². The van der Waals surface area contributed by atoms with Gasteiger partial charge in [0, 0.05) is 30.6 Å². The Balaban J connectivity index is 1.31. The number of aliphatic imine (C=N–C) groups is 1. The van der Waals surface area contributed by atoms with Gasteiger partial charge >= 0.3 is 6.03 Å². The Labute approximate surface area is 218 Å². The SMILES string of the molecule is COc1cccc(NC(=O)NCc2ccc(CC3CC(N)=N[C@](C)(CCc4ccccc4)C3=O)cc2)c1. The van der Waals surface area contributed by atoms with Crippen molar-refractivity contribution in [2.75, 3.05) is 12.4 Å². The van der Waals surface area contributed by atoms with Gasteiger partial charge in [0.15, 0.2) is 5.78 Å². The molecule has 4 rings (SSSR count). The number of amidine groups is 1. The first-order valence-electron chi connectivity index (χ1n) is 12.5. The number of amides is 2. The third-order valence-electron chi connectivity index (χ3n) is 6.78. The van der Waals surface area contributed by atoms with E-state index in [0.29, 0.717) is 43.1 Å². The molecule has 0 radical (unpaired) electrons. The minimum Gasteiger partial charge on any atom is -0.497 e. The van der Waals surface area contributed by atoms with Crippen LogP contribution in [0.2, 0.25) is 0 Å². The van der Waals surface area contributed by atoms with E-state index in [2.05, 4.69) is 27.8 Å². The van der Waals surface area contributed by atoms with Crippen LogP contribution in [0.4, 0.5) is 10.5 Å². The number of hydrogen-bond acceptors (Lipinski definition) is 5. The molecule has 0 saturated heterocycles. The molecule has 1 aliphatic rings. The first-order chi connectivity index (χ1) is 17.8. The van der Waals surface area contributed by atoms with Crippen LogP contribution in [0.1, 0.15) is 36.5 Å². The zero-order valence-electron chi connectivity index (χ0n) is 21.4. The number of aryl methyl sites for hydroxylation is 1. The molecule has 0 saturated carbocycles. The van der Waals surface area contributed by atoms with E-state index < -0.39 is 5.54 Å².